The Morgan fingerprint density at radius 1 is 1.00 bits per heavy atom. The molecule has 5 heteroatoms. The lowest BCUT2D eigenvalue weighted by molar-refractivity contribution is -0.923. The number of nitrogens with zero attached hydrogens (tertiary/aromatic N) is 2. The van der Waals surface area contributed by atoms with E-state index in [-0.39, 0.29) is 35.5 Å². The van der Waals surface area contributed by atoms with Crippen molar-refractivity contribution in [3.05, 3.63) is 36.4 Å². The number of ether oxygens (including phenoxy) is 1. The average molecular weight is 384 g/mol. The third kappa shape index (κ3) is 2.96. The molecule has 5 nitrogen and oxygen atoms in total. The van der Waals surface area contributed by atoms with Gasteiger partial charge in [-0.2, -0.15) is 0 Å². The van der Waals surface area contributed by atoms with Crippen molar-refractivity contribution < 1.29 is 18.8 Å². The van der Waals surface area contributed by atoms with Gasteiger partial charge in [0.2, 0.25) is 11.8 Å². The van der Waals surface area contributed by atoms with E-state index in [1.807, 2.05) is 24.3 Å². The fourth-order valence-electron chi connectivity index (χ4n) is 5.37. The van der Waals surface area contributed by atoms with Gasteiger partial charge in [0, 0.05) is 6.07 Å². The quantitative estimate of drug-likeness (QED) is 0.393. The molecule has 1 aromatic rings. The van der Waals surface area contributed by atoms with Crippen LogP contribution in [0.1, 0.15) is 27.2 Å². The first-order valence-electron chi connectivity index (χ1n) is 10.7. The average Bonchev–Trinajstić information content (AvgIpc) is 3.40. The summed E-state index contributed by atoms with van der Waals surface area (Å²) in [6, 6.07) is 7.45. The minimum absolute atomic E-state index is 0.0392. The number of allylic oxidation sites excluding steroid dienone is 2. The fourth-order valence-corrected chi connectivity index (χ4v) is 5.37. The van der Waals surface area contributed by atoms with E-state index in [0.29, 0.717) is 12.3 Å². The van der Waals surface area contributed by atoms with Gasteiger partial charge in [-0.15, -0.1) is 0 Å². The second kappa shape index (κ2) is 7.36. The topological polar surface area (TPSA) is 46.6 Å². The number of imide groups is 1. The molecule has 1 aliphatic heterocycles. The molecule has 150 valence electrons. The highest BCUT2D eigenvalue weighted by atomic mass is 16.5. The van der Waals surface area contributed by atoms with Crippen LogP contribution in [0.4, 0.5) is 5.69 Å². The van der Waals surface area contributed by atoms with Crippen molar-refractivity contribution in [2.75, 3.05) is 37.7 Å². The van der Waals surface area contributed by atoms with Crippen LogP contribution in [0.5, 0.6) is 5.75 Å². The molecule has 1 heterocycles. The van der Waals surface area contributed by atoms with Crippen molar-refractivity contribution in [2.45, 2.75) is 27.2 Å². The number of likely N-dealkylation sites (N-methyl/N-ethyl adjacent to an activating group) is 1. The van der Waals surface area contributed by atoms with E-state index in [2.05, 4.69) is 32.9 Å². The molecule has 2 fully saturated rings. The molecule has 1 aromatic carbocycles. The number of anilines is 1. The van der Waals surface area contributed by atoms with Gasteiger partial charge in [-0.3, -0.25) is 9.59 Å². The Labute approximate surface area is 167 Å². The van der Waals surface area contributed by atoms with Gasteiger partial charge in [0.05, 0.1) is 37.2 Å². The lowest BCUT2D eigenvalue weighted by atomic mass is 9.85. The summed E-state index contributed by atoms with van der Waals surface area (Å²) in [6.07, 6.45) is 5.20. The number of rotatable bonds is 8. The summed E-state index contributed by atoms with van der Waals surface area (Å²) in [6.45, 7) is 11.5. The zero-order chi connectivity index (χ0) is 19.9. The second-order valence-corrected chi connectivity index (χ2v) is 8.37. The maximum atomic E-state index is 13.0. The minimum atomic E-state index is -0.163. The zero-order valence-corrected chi connectivity index (χ0v) is 17.1. The van der Waals surface area contributed by atoms with Crippen LogP contribution < -0.4 is 9.64 Å². The van der Waals surface area contributed by atoms with Gasteiger partial charge in [0.15, 0.2) is 0 Å². The van der Waals surface area contributed by atoms with Gasteiger partial charge < -0.3 is 9.22 Å². The number of quaternary nitrogens is 1. The molecule has 4 rings (SSSR count). The third-order valence-corrected chi connectivity index (χ3v) is 7.39. The normalized spacial score (nSPS) is 28.3. The van der Waals surface area contributed by atoms with Crippen molar-refractivity contribution in [2.24, 2.45) is 23.7 Å². The SMILES string of the molecule is CC[N+](CC)(CC)CCOc1cccc(N2C(=O)C3C4C=CC(C4)C3C2=O)c1. The number of fused-ring (bicyclic) bond motifs is 5. The Morgan fingerprint density at radius 3 is 2.18 bits per heavy atom. The van der Waals surface area contributed by atoms with Crippen LogP contribution in [0.2, 0.25) is 0 Å². The summed E-state index contributed by atoms with van der Waals surface area (Å²) < 4.78 is 7.04. The van der Waals surface area contributed by atoms with Crippen LogP contribution >= 0.6 is 0 Å². The molecule has 0 spiro atoms. The van der Waals surface area contributed by atoms with E-state index in [4.69, 9.17) is 4.74 Å². The van der Waals surface area contributed by atoms with Crippen molar-refractivity contribution in [1.82, 2.24) is 0 Å². The summed E-state index contributed by atoms with van der Waals surface area (Å²) in [7, 11) is 0. The summed E-state index contributed by atoms with van der Waals surface area (Å²) in [4.78, 5) is 27.4. The van der Waals surface area contributed by atoms with E-state index in [9.17, 15) is 9.59 Å². The maximum absolute atomic E-state index is 13.0. The third-order valence-electron chi connectivity index (χ3n) is 7.39. The number of hydrogen-bond donors (Lipinski definition) is 0. The molecular weight excluding hydrogens is 352 g/mol. The highest BCUT2D eigenvalue weighted by molar-refractivity contribution is 6.22. The van der Waals surface area contributed by atoms with Crippen molar-refractivity contribution in [3.8, 4) is 5.75 Å². The van der Waals surface area contributed by atoms with Gasteiger partial charge in [0.1, 0.15) is 18.9 Å². The predicted octanol–water partition coefficient (Wildman–Crippen LogP) is 3.25. The second-order valence-electron chi connectivity index (χ2n) is 8.37. The Bertz CT molecular complexity index is 761. The van der Waals surface area contributed by atoms with Gasteiger partial charge in [0.25, 0.3) is 0 Å². The van der Waals surface area contributed by atoms with E-state index in [1.54, 1.807) is 0 Å². The molecule has 0 aromatic heterocycles. The Kier molecular flexibility index (Phi) is 5.04. The molecule has 2 amide bonds. The highest BCUT2D eigenvalue weighted by Gasteiger charge is 2.59. The van der Waals surface area contributed by atoms with Crippen LogP contribution in [0.15, 0.2) is 36.4 Å². The van der Waals surface area contributed by atoms with Crippen LogP contribution in [0, 0.1) is 23.7 Å². The molecule has 1 saturated carbocycles. The number of benzene rings is 1. The summed E-state index contributed by atoms with van der Waals surface area (Å²) in [5, 5.41) is 0. The maximum Gasteiger partial charge on any atom is 0.238 e. The molecule has 28 heavy (non-hydrogen) atoms. The molecule has 4 atom stereocenters. The zero-order valence-electron chi connectivity index (χ0n) is 17.1. The molecule has 2 bridgehead atoms. The van der Waals surface area contributed by atoms with Crippen molar-refractivity contribution >= 4 is 17.5 Å². The molecule has 0 N–H and O–H groups in total. The van der Waals surface area contributed by atoms with Gasteiger partial charge in [-0.1, -0.05) is 18.2 Å². The highest BCUT2D eigenvalue weighted by Crippen LogP contribution is 2.53. The van der Waals surface area contributed by atoms with Crippen LogP contribution in [-0.2, 0) is 9.59 Å². The molecule has 1 saturated heterocycles. The minimum Gasteiger partial charge on any atom is -0.488 e. The molecule has 2 aliphatic carbocycles. The standard InChI is InChI=1S/C23H31N2O3/c1-4-25(5-2,6-3)12-13-28-19-9-7-8-18(15-19)24-22(26)20-16-10-11-17(14-16)21(20)23(24)27/h7-11,15-17,20-21H,4-6,12-14H2,1-3H3/q+1. The smallest absolute Gasteiger partial charge is 0.238 e. The molecule has 4 unspecified atom stereocenters. The number of carbonyl (C=O) groups excluding carboxylic acids is 2. The summed E-state index contributed by atoms with van der Waals surface area (Å²) in [5.41, 5.74) is 0.642. The molecular formula is C23H31N2O3+. The fraction of sp³-hybridized carbons (Fsp3) is 0.565. The molecule has 3 aliphatic rings. The van der Waals surface area contributed by atoms with Crippen LogP contribution in [0.3, 0.4) is 0 Å². The Morgan fingerprint density at radius 2 is 1.61 bits per heavy atom. The van der Waals surface area contributed by atoms with E-state index >= 15 is 0 Å². The first kappa shape index (κ1) is 19.2. The van der Waals surface area contributed by atoms with Gasteiger partial charge >= 0.3 is 0 Å². The number of hydrogen-bond acceptors (Lipinski definition) is 3. The van der Waals surface area contributed by atoms with E-state index < -0.39 is 0 Å². The summed E-state index contributed by atoms with van der Waals surface area (Å²) in [5.74, 6) is 0.785. The van der Waals surface area contributed by atoms with Gasteiger partial charge in [-0.05, 0) is 51.2 Å². The van der Waals surface area contributed by atoms with E-state index in [0.717, 1.165) is 42.8 Å². The number of carbonyl (C=O) groups is 2. The lowest BCUT2D eigenvalue weighted by Crippen LogP contribution is -2.49. The monoisotopic (exact) mass is 383 g/mol. The predicted molar refractivity (Wildman–Crippen MR) is 109 cm³/mol. The molecule has 0 radical (unpaired) electrons. The Balaban J connectivity index is 1.46. The van der Waals surface area contributed by atoms with E-state index in [1.165, 1.54) is 4.90 Å². The van der Waals surface area contributed by atoms with Gasteiger partial charge in [-0.25, -0.2) is 4.90 Å². The first-order valence-corrected chi connectivity index (χ1v) is 10.7. The number of amides is 2. The van der Waals surface area contributed by atoms with Crippen LogP contribution in [-0.4, -0.2) is 49.1 Å². The largest absolute Gasteiger partial charge is 0.488 e. The van der Waals surface area contributed by atoms with Crippen molar-refractivity contribution in [3.63, 3.8) is 0 Å². The lowest BCUT2D eigenvalue weighted by Gasteiger charge is -2.35. The van der Waals surface area contributed by atoms with Crippen LogP contribution in [0.25, 0.3) is 0 Å². The Hall–Kier alpha value is -2.14. The first-order chi connectivity index (χ1) is 13.5. The summed E-state index contributed by atoms with van der Waals surface area (Å²) >= 11 is 0. The van der Waals surface area contributed by atoms with Crippen molar-refractivity contribution in [1.29, 1.82) is 0 Å².